The molecule has 21 heavy (non-hydrogen) atoms. The minimum Gasteiger partial charge on any atom is -0.545 e. The number of hydrogen-bond donors (Lipinski definition) is 0. The van der Waals surface area contributed by atoms with Gasteiger partial charge < -0.3 is 19.4 Å². The highest BCUT2D eigenvalue weighted by Crippen LogP contribution is 2.29. The van der Waals surface area contributed by atoms with Crippen LogP contribution in [0.3, 0.4) is 0 Å². The Balaban J connectivity index is 2.14. The van der Waals surface area contributed by atoms with Crippen LogP contribution in [0.25, 0.3) is 0 Å². The third-order valence-corrected chi connectivity index (χ3v) is 3.32. The van der Waals surface area contributed by atoms with Crippen LogP contribution in [0.1, 0.15) is 22.8 Å². The summed E-state index contributed by atoms with van der Waals surface area (Å²) in [6.45, 7) is 2.62. The van der Waals surface area contributed by atoms with Gasteiger partial charge in [0.2, 0.25) is 0 Å². The summed E-state index contributed by atoms with van der Waals surface area (Å²) in [7, 11) is 0. The van der Waals surface area contributed by atoms with E-state index in [1.807, 2.05) is 31.2 Å². The molecule has 0 aliphatic heterocycles. The molecule has 0 N–H and O–H groups in total. The van der Waals surface area contributed by atoms with Crippen LogP contribution < -0.4 is 14.6 Å². The fourth-order valence-corrected chi connectivity index (χ4v) is 2.03. The van der Waals surface area contributed by atoms with Gasteiger partial charge in [0.15, 0.2) is 11.5 Å². The summed E-state index contributed by atoms with van der Waals surface area (Å²) in [5, 5.41) is 10.9. The normalized spacial score (nSPS) is 10.2. The third-order valence-electron chi connectivity index (χ3n) is 2.79. The smallest absolute Gasteiger partial charge is 0.161 e. The van der Waals surface area contributed by atoms with Crippen LogP contribution in [-0.2, 0) is 6.61 Å². The van der Waals surface area contributed by atoms with Crippen molar-refractivity contribution in [2.45, 2.75) is 13.5 Å². The van der Waals surface area contributed by atoms with E-state index in [0.717, 1.165) is 10.0 Å². The minimum absolute atomic E-state index is 0.0643. The molecule has 2 rings (SSSR count). The molecule has 110 valence electrons. The van der Waals surface area contributed by atoms with Crippen molar-refractivity contribution in [1.29, 1.82) is 0 Å². The van der Waals surface area contributed by atoms with E-state index in [1.54, 1.807) is 6.07 Å². The van der Waals surface area contributed by atoms with Gasteiger partial charge in [0.25, 0.3) is 0 Å². The Morgan fingerprint density at radius 2 is 1.81 bits per heavy atom. The molecular formula is C16H14BrO4-. The van der Waals surface area contributed by atoms with E-state index in [2.05, 4.69) is 15.9 Å². The van der Waals surface area contributed by atoms with Crippen molar-refractivity contribution in [1.82, 2.24) is 0 Å². The largest absolute Gasteiger partial charge is 0.545 e. The molecule has 0 unspecified atom stereocenters. The monoisotopic (exact) mass is 349 g/mol. The Morgan fingerprint density at radius 1 is 1.10 bits per heavy atom. The van der Waals surface area contributed by atoms with Gasteiger partial charge in [0.05, 0.1) is 12.6 Å². The van der Waals surface area contributed by atoms with Crippen LogP contribution in [-0.4, -0.2) is 12.6 Å². The molecule has 0 saturated heterocycles. The van der Waals surface area contributed by atoms with E-state index in [4.69, 9.17) is 9.47 Å². The van der Waals surface area contributed by atoms with E-state index < -0.39 is 5.97 Å². The van der Waals surface area contributed by atoms with Gasteiger partial charge >= 0.3 is 0 Å². The molecule has 0 radical (unpaired) electrons. The number of benzene rings is 2. The molecule has 0 amide bonds. The summed E-state index contributed by atoms with van der Waals surface area (Å²) < 4.78 is 12.1. The standard InChI is InChI=1S/C16H15BrO4/c1-2-20-15-9-12(16(18)19)5-8-14(15)21-10-11-3-6-13(17)7-4-11/h3-9H,2,10H2,1H3,(H,18,19)/p-1. The van der Waals surface area contributed by atoms with Crippen LogP contribution in [0, 0.1) is 0 Å². The molecule has 0 aliphatic carbocycles. The Kier molecular flexibility index (Phi) is 5.22. The van der Waals surface area contributed by atoms with Gasteiger partial charge in [-0.25, -0.2) is 0 Å². The lowest BCUT2D eigenvalue weighted by molar-refractivity contribution is -0.255. The zero-order chi connectivity index (χ0) is 15.2. The highest BCUT2D eigenvalue weighted by molar-refractivity contribution is 9.10. The number of carbonyl (C=O) groups excluding carboxylic acids is 1. The lowest BCUT2D eigenvalue weighted by Gasteiger charge is -2.14. The van der Waals surface area contributed by atoms with Crippen LogP contribution in [0.5, 0.6) is 11.5 Å². The first-order valence-corrected chi connectivity index (χ1v) is 7.25. The molecular weight excluding hydrogens is 336 g/mol. The Bertz CT molecular complexity index is 623. The molecule has 0 fully saturated rings. The molecule has 4 nitrogen and oxygen atoms in total. The SMILES string of the molecule is CCOc1cc(C(=O)[O-])ccc1OCc1ccc(Br)cc1. The first-order valence-electron chi connectivity index (χ1n) is 6.45. The molecule has 0 heterocycles. The summed E-state index contributed by atoms with van der Waals surface area (Å²) in [5.74, 6) is -0.337. The van der Waals surface area contributed by atoms with Crippen LogP contribution in [0.15, 0.2) is 46.9 Å². The van der Waals surface area contributed by atoms with E-state index in [0.29, 0.717) is 24.7 Å². The number of halogens is 1. The molecule has 0 saturated carbocycles. The van der Waals surface area contributed by atoms with E-state index >= 15 is 0 Å². The van der Waals surface area contributed by atoms with Crippen molar-refractivity contribution in [2.75, 3.05) is 6.61 Å². The van der Waals surface area contributed by atoms with Crippen molar-refractivity contribution in [3.63, 3.8) is 0 Å². The van der Waals surface area contributed by atoms with Gasteiger partial charge in [-0.1, -0.05) is 28.1 Å². The lowest BCUT2D eigenvalue weighted by Crippen LogP contribution is -2.22. The number of carbonyl (C=O) groups is 1. The average molecular weight is 350 g/mol. The Labute approximate surface area is 131 Å². The fraction of sp³-hybridized carbons (Fsp3) is 0.188. The molecule has 0 spiro atoms. The van der Waals surface area contributed by atoms with Gasteiger partial charge in [-0.2, -0.15) is 0 Å². The molecule has 2 aromatic carbocycles. The van der Waals surface area contributed by atoms with Crippen molar-refractivity contribution in [3.8, 4) is 11.5 Å². The topological polar surface area (TPSA) is 58.6 Å². The van der Waals surface area contributed by atoms with Crippen molar-refractivity contribution in [2.24, 2.45) is 0 Å². The van der Waals surface area contributed by atoms with E-state index in [-0.39, 0.29) is 5.56 Å². The van der Waals surface area contributed by atoms with Gasteiger partial charge in [0.1, 0.15) is 6.61 Å². The van der Waals surface area contributed by atoms with Crippen molar-refractivity contribution >= 4 is 21.9 Å². The second-order valence-electron chi connectivity index (χ2n) is 4.30. The van der Waals surface area contributed by atoms with E-state index in [1.165, 1.54) is 12.1 Å². The minimum atomic E-state index is -1.24. The molecule has 0 aromatic heterocycles. The quantitative estimate of drug-likeness (QED) is 0.804. The summed E-state index contributed by atoms with van der Waals surface area (Å²) in [4.78, 5) is 10.9. The zero-order valence-electron chi connectivity index (χ0n) is 11.5. The first-order chi connectivity index (χ1) is 10.1. The maximum atomic E-state index is 10.9. The highest BCUT2D eigenvalue weighted by atomic mass is 79.9. The van der Waals surface area contributed by atoms with Crippen molar-refractivity contribution in [3.05, 3.63) is 58.1 Å². The highest BCUT2D eigenvalue weighted by Gasteiger charge is 2.07. The average Bonchev–Trinajstić information content (AvgIpc) is 2.47. The van der Waals surface area contributed by atoms with Gasteiger partial charge in [-0.3, -0.25) is 0 Å². The molecule has 0 bridgehead atoms. The number of carboxylic acid groups (broad SMARTS) is 1. The van der Waals surface area contributed by atoms with Crippen LogP contribution in [0.4, 0.5) is 0 Å². The molecule has 5 heteroatoms. The van der Waals surface area contributed by atoms with Gasteiger partial charge in [-0.15, -0.1) is 0 Å². The maximum absolute atomic E-state index is 10.9. The summed E-state index contributed by atoms with van der Waals surface area (Å²) >= 11 is 3.37. The Morgan fingerprint density at radius 3 is 2.43 bits per heavy atom. The number of aromatic carboxylic acids is 1. The lowest BCUT2D eigenvalue weighted by atomic mass is 10.2. The molecule has 0 aliphatic rings. The molecule has 2 aromatic rings. The summed E-state index contributed by atoms with van der Waals surface area (Å²) in [5.41, 5.74) is 1.07. The maximum Gasteiger partial charge on any atom is 0.161 e. The Hall–Kier alpha value is -2.01. The second-order valence-corrected chi connectivity index (χ2v) is 5.21. The predicted octanol–water partition coefficient (Wildman–Crippen LogP) is 2.79. The van der Waals surface area contributed by atoms with Gasteiger partial charge in [-0.05, 0) is 42.8 Å². The number of carboxylic acids is 1. The van der Waals surface area contributed by atoms with Crippen molar-refractivity contribution < 1.29 is 19.4 Å². The zero-order valence-corrected chi connectivity index (χ0v) is 13.1. The fourth-order valence-electron chi connectivity index (χ4n) is 1.76. The molecule has 0 atom stereocenters. The number of rotatable bonds is 6. The number of hydrogen-bond acceptors (Lipinski definition) is 4. The summed E-state index contributed by atoms with van der Waals surface area (Å²) in [6, 6.07) is 12.2. The second kappa shape index (κ2) is 7.13. The van der Waals surface area contributed by atoms with Gasteiger partial charge in [0, 0.05) is 10.0 Å². The van der Waals surface area contributed by atoms with Crippen LogP contribution >= 0.6 is 15.9 Å². The predicted molar refractivity (Wildman–Crippen MR) is 80.4 cm³/mol. The first kappa shape index (κ1) is 15.4. The third kappa shape index (κ3) is 4.23. The van der Waals surface area contributed by atoms with Crippen LogP contribution in [0.2, 0.25) is 0 Å². The summed E-state index contributed by atoms with van der Waals surface area (Å²) in [6.07, 6.45) is 0. The number of ether oxygens (including phenoxy) is 2. The van der Waals surface area contributed by atoms with E-state index in [9.17, 15) is 9.90 Å².